The fraction of sp³-hybridized carbons (Fsp3) is 0.364. The Hall–Kier alpha value is -1.91. The summed E-state index contributed by atoms with van der Waals surface area (Å²) >= 11 is 0. The highest BCUT2D eigenvalue weighted by atomic mass is 16.4. The Bertz CT molecular complexity index is 452. The number of pyridine rings is 1. The second-order valence-electron chi connectivity index (χ2n) is 4.03. The second kappa shape index (κ2) is 3.59. The minimum atomic E-state index is -1.21. The summed E-state index contributed by atoms with van der Waals surface area (Å²) in [6, 6.07) is 1.76. The van der Waals surface area contributed by atoms with Gasteiger partial charge in [0.15, 0.2) is 0 Å². The van der Waals surface area contributed by atoms with Crippen molar-refractivity contribution < 1.29 is 14.7 Å². The van der Waals surface area contributed by atoms with E-state index in [1.165, 1.54) is 6.20 Å². The average molecular weight is 220 g/mol. The van der Waals surface area contributed by atoms with Crippen LogP contribution in [0.15, 0.2) is 18.5 Å². The minimum Gasteiger partial charge on any atom is -0.480 e. The van der Waals surface area contributed by atoms with Crippen LogP contribution in [-0.4, -0.2) is 22.0 Å². The predicted molar refractivity (Wildman–Crippen MR) is 56.9 cm³/mol. The molecule has 1 heterocycles. The Kier molecular flexibility index (Phi) is 2.38. The number of anilines is 1. The number of carbonyl (C=O) groups excluding carboxylic acids is 1. The van der Waals surface area contributed by atoms with Crippen molar-refractivity contribution in [3.8, 4) is 0 Å². The lowest BCUT2D eigenvalue weighted by molar-refractivity contribution is -0.147. The van der Waals surface area contributed by atoms with Crippen LogP contribution >= 0.6 is 0 Å². The molecule has 1 aliphatic rings. The summed E-state index contributed by atoms with van der Waals surface area (Å²) in [4.78, 5) is 26.6. The number of carboxylic acid groups (broad SMARTS) is 1. The van der Waals surface area contributed by atoms with E-state index >= 15 is 0 Å². The van der Waals surface area contributed by atoms with Gasteiger partial charge in [-0.25, -0.2) is 0 Å². The lowest BCUT2D eigenvalue weighted by atomic mass is 10.1. The molecule has 1 amide bonds. The Morgan fingerprint density at radius 3 is 2.69 bits per heavy atom. The standard InChI is InChI=1S/C11H12N2O3/c1-7-2-5-12-6-8(7)13-9(14)11(3-4-11)10(15)16/h2,5-6H,3-4H2,1H3,(H,13,14)(H,15,16). The summed E-state index contributed by atoms with van der Waals surface area (Å²) in [5.41, 5.74) is 0.229. The number of nitrogens with one attached hydrogen (secondary N) is 1. The van der Waals surface area contributed by atoms with E-state index in [-0.39, 0.29) is 0 Å². The number of nitrogens with zero attached hydrogens (tertiary/aromatic N) is 1. The van der Waals surface area contributed by atoms with Gasteiger partial charge in [-0.05, 0) is 31.4 Å². The number of aromatic nitrogens is 1. The summed E-state index contributed by atoms with van der Waals surface area (Å²) in [5.74, 6) is -1.50. The van der Waals surface area contributed by atoms with Crippen molar-refractivity contribution in [2.45, 2.75) is 19.8 Å². The molecule has 2 N–H and O–H groups in total. The highest BCUT2D eigenvalue weighted by Gasteiger charge is 2.57. The first-order valence-electron chi connectivity index (χ1n) is 5.02. The van der Waals surface area contributed by atoms with Crippen molar-refractivity contribution in [2.75, 3.05) is 5.32 Å². The molecule has 1 saturated carbocycles. The fourth-order valence-electron chi connectivity index (χ4n) is 1.50. The first-order valence-corrected chi connectivity index (χ1v) is 5.02. The van der Waals surface area contributed by atoms with E-state index < -0.39 is 17.3 Å². The lowest BCUT2D eigenvalue weighted by Gasteiger charge is -2.11. The van der Waals surface area contributed by atoms with Gasteiger partial charge in [-0.3, -0.25) is 14.6 Å². The molecular weight excluding hydrogens is 208 g/mol. The summed E-state index contributed by atoms with van der Waals surface area (Å²) in [6.07, 6.45) is 3.96. The molecule has 1 aromatic heterocycles. The van der Waals surface area contributed by atoms with Crippen molar-refractivity contribution in [3.63, 3.8) is 0 Å². The zero-order chi connectivity index (χ0) is 11.8. The monoisotopic (exact) mass is 220 g/mol. The van der Waals surface area contributed by atoms with E-state index in [2.05, 4.69) is 10.3 Å². The van der Waals surface area contributed by atoms with Gasteiger partial charge in [0.05, 0.1) is 11.9 Å². The molecule has 1 aromatic rings. The molecule has 5 nitrogen and oxygen atoms in total. The topological polar surface area (TPSA) is 79.3 Å². The van der Waals surface area contributed by atoms with Crippen LogP contribution in [0.1, 0.15) is 18.4 Å². The highest BCUT2D eigenvalue weighted by molar-refractivity contribution is 6.10. The molecule has 0 atom stereocenters. The van der Waals surface area contributed by atoms with Crippen LogP contribution in [0, 0.1) is 12.3 Å². The molecule has 0 bridgehead atoms. The van der Waals surface area contributed by atoms with Gasteiger partial charge in [0.25, 0.3) is 0 Å². The van der Waals surface area contributed by atoms with Gasteiger partial charge >= 0.3 is 5.97 Å². The number of rotatable bonds is 3. The Morgan fingerprint density at radius 2 is 2.19 bits per heavy atom. The minimum absolute atomic E-state index is 0.410. The molecule has 0 radical (unpaired) electrons. The van der Waals surface area contributed by atoms with Crippen molar-refractivity contribution in [1.82, 2.24) is 4.98 Å². The maximum Gasteiger partial charge on any atom is 0.319 e. The van der Waals surface area contributed by atoms with Gasteiger partial charge in [0, 0.05) is 6.20 Å². The molecule has 0 aliphatic heterocycles. The van der Waals surface area contributed by atoms with Gasteiger partial charge in [-0.2, -0.15) is 0 Å². The van der Waals surface area contributed by atoms with E-state index in [0.717, 1.165) is 5.56 Å². The maximum absolute atomic E-state index is 11.8. The first kappa shape index (κ1) is 10.6. The summed E-state index contributed by atoms with van der Waals surface area (Å²) < 4.78 is 0. The summed E-state index contributed by atoms with van der Waals surface area (Å²) in [6.45, 7) is 1.83. The number of aryl methyl sites for hydroxylation is 1. The smallest absolute Gasteiger partial charge is 0.319 e. The third-order valence-electron chi connectivity index (χ3n) is 2.88. The maximum atomic E-state index is 11.8. The zero-order valence-corrected chi connectivity index (χ0v) is 8.86. The number of carbonyl (C=O) groups is 2. The number of aliphatic carboxylic acids is 1. The number of hydrogen-bond acceptors (Lipinski definition) is 3. The van der Waals surface area contributed by atoms with Crippen molar-refractivity contribution in [3.05, 3.63) is 24.0 Å². The quantitative estimate of drug-likeness (QED) is 0.750. The molecule has 1 fully saturated rings. The molecule has 84 valence electrons. The van der Waals surface area contributed by atoms with E-state index in [9.17, 15) is 9.59 Å². The van der Waals surface area contributed by atoms with Crippen LogP contribution in [0.4, 0.5) is 5.69 Å². The van der Waals surface area contributed by atoms with Crippen LogP contribution < -0.4 is 5.32 Å². The summed E-state index contributed by atoms with van der Waals surface area (Å²) in [5, 5.41) is 11.6. The van der Waals surface area contributed by atoms with Gasteiger partial charge in [-0.15, -0.1) is 0 Å². The molecular formula is C11H12N2O3. The highest BCUT2D eigenvalue weighted by Crippen LogP contribution is 2.46. The van der Waals surface area contributed by atoms with E-state index in [0.29, 0.717) is 18.5 Å². The van der Waals surface area contributed by atoms with Crippen molar-refractivity contribution in [2.24, 2.45) is 5.41 Å². The van der Waals surface area contributed by atoms with Crippen LogP contribution in [0.25, 0.3) is 0 Å². The fourth-order valence-corrected chi connectivity index (χ4v) is 1.50. The third kappa shape index (κ3) is 1.64. The third-order valence-corrected chi connectivity index (χ3v) is 2.88. The van der Waals surface area contributed by atoms with Crippen LogP contribution in [0.2, 0.25) is 0 Å². The molecule has 2 rings (SSSR count). The molecule has 0 aromatic carbocycles. The van der Waals surface area contributed by atoms with Gasteiger partial charge in [-0.1, -0.05) is 0 Å². The first-order chi connectivity index (χ1) is 7.56. The zero-order valence-electron chi connectivity index (χ0n) is 8.86. The molecule has 1 aliphatic carbocycles. The van der Waals surface area contributed by atoms with Crippen LogP contribution in [-0.2, 0) is 9.59 Å². The molecule has 16 heavy (non-hydrogen) atoms. The largest absolute Gasteiger partial charge is 0.480 e. The normalized spacial score (nSPS) is 16.6. The van der Waals surface area contributed by atoms with Crippen molar-refractivity contribution >= 4 is 17.6 Å². The van der Waals surface area contributed by atoms with Crippen molar-refractivity contribution in [1.29, 1.82) is 0 Å². The van der Waals surface area contributed by atoms with Gasteiger partial charge in [0.2, 0.25) is 5.91 Å². The average Bonchev–Trinajstić information content (AvgIpc) is 3.02. The SMILES string of the molecule is Cc1ccncc1NC(=O)C1(C(=O)O)CC1. The van der Waals surface area contributed by atoms with E-state index in [4.69, 9.17) is 5.11 Å². The number of hydrogen-bond donors (Lipinski definition) is 2. The number of carboxylic acids is 1. The van der Waals surface area contributed by atoms with Crippen LogP contribution in [0.3, 0.4) is 0 Å². The number of amides is 1. The lowest BCUT2D eigenvalue weighted by Crippen LogP contribution is -2.31. The predicted octanol–water partition coefficient (Wildman–Crippen LogP) is 1.19. The second-order valence-corrected chi connectivity index (χ2v) is 4.03. The molecule has 0 spiro atoms. The molecule has 0 unspecified atom stereocenters. The summed E-state index contributed by atoms with van der Waals surface area (Å²) in [7, 11) is 0. The Balaban J connectivity index is 2.15. The molecule has 0 saturated heterocycles. The Labute approximate surface area is 92.5 Å². The van der Waals surface area contributed by atoms with Gasteiger partial charge < -0.3 is 10.4 Å². The van der Waals surface area contributed by atoms with Gasteiger partial charge in [0.1, 0.15) is 5.41 Å². The van der Waals surface area contributed by atoms with E-state index in [1.807, 2.05) is 6.92 Å². The molecule has 5 heteroatoms. The Morgan fingerprint density at radius 1 is 1.50 bits per heavy atom. The van der Waals surface area contributed by atoms with E-state index in [1.54, 1.807) is 12.3 Å². The van der Waals surface area contributed by atoms with Crippen LogP contribution in [0.5, 0.6) is 0 Å².